The Balaban J connectivity index is 2.13. The molecule has 1 atom stereocenters. The van der Waals surface area contributed by atoms with Crippen molar-refractivity contribution in [2.24, 2.45) is 0 Å². The highest BCUT2D eigenvalue weighted by atomic mass is 16.5. The second kappa shape index (κ2) is 12.3. The van der Waals surface area contributed by atoms with Gasteiger partial charge in [0.05, 0.1) is 7.11 Å². The van der Waals surface area contributed by atoms with Crippen LogP contribution in [0.3, 0.4) is 0 Å². The molecule has 168 valence electrons. The molecule has 0 N–H and O–H groups in total. The molecule has 31 heavy (non-hydrogen) atoms. The highest BCUT2D eigenvalue weighted by molar-refractivity contribution is 5.96. The molecule has 2 aromatic carbocycles. The number of carbonyl (C=O) groups excluding carboxylic acids is 1. The molecule has 2 rings (SSSR count). The van der Waals surface area contributed by atoms with E-state index in [1.807, 2.05) is 31.2 Å². The third kappa shape index (κ3) is 6.72. The molecule has 2 aromatic rings. The molecular weight excluding hydrogens is 382 g/mol. The average Bonchev–Trinajstić information content (AvgIpc) is 2.76. The Morgan fingerprint density at radius 1 is 1.06 bits per heavy atom. The van der Waals surface area contributed by atoms with E-state index in [0.717, 1.165) is 29.7 Å². The van der Waals surface area contributed by atoms with Gasteiger partial charge in [0.2, 0.25) is 0 Å². The van der Waals surface area contributed by atoms with Crippen LogP contribution < -0.4 is 4.74 Å². The molecule has 3 nitrogen and oxygen atoms in total. The third-order valence-corrected chi connectivity index (χ3v) is 6.09. The van der Waals surface area contributed by atoms with Gasteiger partial charge in [0.15, 0.2) is 0 Å². The predicted octanol–water partition coefficient (Wildman–Crippen LogP) is 7.04. The van der Waals surface area contributed by atoms with E-state index in [4.69, 9.17) is 4.74 Å². The van der Waals surface area contributed by atoms with Crippen LogP contribution in [0.25, 0.3) is 0 Å². The Bertz CT molecular complexity index is 871. The van der Waals surface area contributed by atoms with Gasteiger partial charge in [-0.25, -0.2) is 0 Å². The van der Waals surface area contributed by atoms with Gasteiger partial charge in [-0.15, -0.1) is 0 Å². The van der Waals surface area contributed by atoms with Crippen molar-refractivity contribution in [3.8, 4) is 5.75 Å². The van der Waals surface area contributed by atoms with Crippen LogP contribution in [0.5, 0.6) is 5.75 Å². The molecule has 0 aliphatic carbocycles. The van der Waals surface area contributed by atoms with Crippen LogP contribution in [-0.2, 0) is 12.8 Å². The summed E-state index contributed by atoms with van der Waals surface area (Å²) in [5.74, 6) is 0.951. The van der Waals surface area contributed by atoms with Crippen molar-refractivity contribution in [3.05, 3.63) is 77.0 Å². The average molecular weight is 422 g/mol. The highest BCUT2D eigenvalue weighted by Gasteiger charge is 2.21. The maximum atomic E-state index is 13.1. The lowest BCUT2D eigenvalue weighted by Crippen LogP contribution is -2.36. The monoisotopic (exact) mass is 421 g/mol. The van der Waals surface area contributed by atoms with Crippen molar-refractivity contribution in [1.29, 1.82) is 0 Å². The fourth-order valence-corrected chi connectivity index (χ4v) is 4.15. The number of unbranched alkanes of at least 4 members (excludes halogenated alkanes) is 4. The number of hydrogen-bond donors (Lipinski definition) is 0. The van der Waals surface area contributed by atoms with E-state index in [2.05, 4.69) is 39.5 Å². The Labute approximate surface area is 189 Å². The summed E-state index contributed by atoms with van der Waals surface area (Å²) in [5, 5.41) is 0. The molecule has 0 aromatic heterocycles. The molecular formula is C28H39NO2. The van der Waals surface area contributed by atoms with Crippen LogP contribution in [0.15, 0.2) is 49.2 Å². The Morgan fingerprint density at radius 3 is 2.42 bits per heavy atom. The molecule has 0 fully saturated rings. The zero-order valence-electron chi connectivity index (χ0n) is 20.0. The van der Waals surface area contributed by atoms with Crippen molar-refractivity contribution in [2.75, 3.05) is 7.11 Å². The number of nitrogens with zero attached hydrogens (tertiary/aromatic N) is 1. The molecule has 0 aliphatic rings. The van der Waals surface area contributed by atoms with Crippen LogP contribution in [0.1, 0.15) is 78.6 Å². The SMILES string of the molecule is C=CN(C(=O)c1ccccc1C)C(C)Cc1cc(OC)c(CCCCCCC)cc1C. The standard InChI is InChI=1S/C28H39NO2/c1-7-9-10-11-12-16-24-18-22(4)25(20-27(24)31-6)19-23(5)29(8-2)28(30)26-17-14-13-15-21(26)3/h8,13-15,17-18,20,23H,2,7,9-12,16,19H2,1,3-6H3. The first-order valence-corrected chi connectivity index (χ1v) is 11.6. The summed E-state index contributed by atoms with van der Waals surface area (Å²) in [5.41, 5.74) is 5.45. The second-order valence-electron chi connectivity index (χ2n) is 8.52. The van der Waals surface area contributed by atoms with Crippen LogP contribution in [0.2, 0.25) is 0 Å². The zero-order chi connectivity index (χ0) is 22.8. The highest BCUT2D eigenvalue weighted by Crippen LogP contribution is 2.27. The quantitative estimate of drug-likeness (QED) is 0.344. The summed E-state index contributed by atoms with van der Waals surface area (Å²) in [4.78, 5) is 14.9. The van der Waals surface area contributed by atoms with Crippen molar-refractivity contribution in [1.82, 2.24) is 4.90 Å². The second-order valence-corrected chi connectivity index (χ2v) is 8.52. The molecule has 0 aliphatic heterocycles. The van der Waals surface area contributed by atoms with Crippen molar-refractivity contribution < 1.29 is 9.53 Å². The number of ether oxygens (including phenoxy) is 1. The first-order chi connectivity index (χ1) is 14.9. The summed E-state index contributed by atoms with van der Waals surface area (Å²) < 4.78 is 5.72. The van der Waals surface area contributed by atoms with Crippen LogP contribution in [0, 0.1) is 13.8 Å². The molecule has 0 radical (unpaired) electrons. The minimum Gasteiger partial charge on any atom is -0.496 e. The molecule has 0 saturated heterocycles. The summed E-state index contributed by atoms with van der Waals surface area (Å²) in [6.45, 7) is 12.3. The van der Waals surface area contributed by atoms with E-state index in [1.54, 1.807) is 18.2 Å². The predicted molar refractivity (Wildman–Crippen MR) is 131 cm³/mol. The molecule has 0 bridgehead atoms. The number of rotatable bonds is 12. The van der Waals surface area contributed by atoms with E-state index in [0.29, 0.717) is 0 Å². The summed E-state index contributed by atoms with van der Waals surface area (Å²) in [6.07, 6.45) is 9.80. The largest absolute Gasteiger partial charge is 0.496 e. The topological polar surface area (TPSA) is 29.5 Å². The normalized spacial score (nSPS) is 11.8. The molecule has 0 heterocycles. The molecule has 3 heteroatoms. The third-order valence-electron chi connectivity index (χ3n) is 6.09. The van der Waals surface area contributed by atoms with Gasteiger partial charge in [0.1, 0.15) is 5.75 Å². The van der Waals surface area contributed by atoms with E-state index in [9.17, 15) is 4.79 Å². The van der Waals surface area contributed by atoms with Gasteiger partial charge in [0.25, 0.3) is 5.91 Å². The summed E-state index contributed by atoms with van der Waals surface area (Å²) in [7, 11) is 1.75. The van der Waals surface area contributed by atoms with Crippen molar-refractivity contribution >= 4 is 5.91 Å². The van der Waals surface area contributed by atoms with E-state index in [1.165, 1.54) is 48.8 Å². The van der Waals surface area contributed by atoms with Gasteiger partial charge < -0.3 is 9.64 Å². The van der Waals surface area contributed by atoms with Gasteiger partial charge in [-0.05, 0) is 74.4 Å². The van der Waals surface area contributed by atoms with Gasteiger partial charge in [0, 0.05) is 17.8 Å². The summed E-state index contributed by atoms with van der Waals surface area (Å²) in [6, 6.07) is 12.1. The number of hydrogen-bond acceptors (Lipinski definition) is 2. The number of aryl methyl sites for hydroxylation is 3. The number of methoxy groups -OCH3 is 1. The minimum absolute atomic E-state index is 0.00563. The fourth-order valence-electron chi connectivity index (χ4n) is 4.15. The van der Waals surface area contributed by atoms with Gasteiger partial charge >= 0.3 is 0 Å². The van der Waals surface area contributed by atoms with Gasteiger partial charge in [-0.3, -0.25) is 4.79 Å². The first-order valence-electron chi connectivity index (χ1n) is 11.6. The van der Waals surface area contributed by atoms with E-state index in [-0.39, 0.29) is 11.9 Å². The lowest BCUT2D eigenvalue weighted by atomic mass is 9.95. The minimum atomic E-state index is -0.00657. The lowest BCUT2D eigenvalue weighted by Gasteiger charge is -2.27. The van der Waals surface area contributed by atoms with Gasteiger partial charge in [-0.2, -0.15) is 0 Å². The van der Waals surface area contributed by atoms with E-state index < -0.39 is 0 Å². The maximum absolute atomic E-state index is 13.1. The van der Waals surface area contributed by atoms with Crippen LogP contribution in [0.4, 0.5) is 0 Å². The maximum Gasteiger partial charge on any atom is 0.258 e. The van der Waals surface area contributed by atoms with Crippen LogP contribution in [-0.4, -0.2) is 24.0 Å². The van der Waals surface area contributed by atoms with Crippen LogP contribution >= 0.6 is 0 Å². The number of carbonyl (C=O) groups is 1. The van der Waals surface area contributed by atoms with Gasteiger partial charge in [-0.1, -0.05) is 63.5 Å². The zero-order valence-corrected chi connectivity index (χ0v) is 20.0. The molecule has 0 spiro atoms. The number of amides is 1. The molecule has 0 saturated carbocycles. The molecule has 1 unspecified atom stereocenters. The number of benzene rings is 2. The van der Waals surface area contributed by atoms with Crippen molar-refractivity contribution in [3.63, 3.8) is 0 Å². The first kappa shape index (κ1) is 24.7. The Kier molecular flexibility index (Phi) is 9.84. The smallest absolute Gasteiger partial charge is 0.258 e. The Morgan fingerprint density at radius 2 is 1.77 bits per heavy atom. The Hall–Kier alpha value is -2.55. The molecule has 1 amide bonds. The van der Waals surface area contributed by atoms with Crippen molar-refractivity contribution in [2.45, 2.75) is 78.7 Å². The lowest BCUT2D eigenvalue weighted by molar-refractivity contribution is 0.0778. The summed E-state index contributed by atoms with van der Waals surface area (Å²) >= 11 is 0. The van der Waals surface area contributed by atoms with E-state index >= 15 is 0 Å². The fraction of sp³-hybridized carbons (Fsp3) is 0.464.